The van der Waals surface area contributed by atoms with Crippen LogP contribution in [0.2, 0.25) is 0 Å². The first-order chi connectivity index (χ1) is 15.0. The van der Waals surface area contributed by atoms with E-state index >= 15 is 0 Å². The Bertz CT molecular complexity index is 995. The highest BCUT2D eigenvalue weighted by atomic mass is 16.3. The Labute approximate surface area is 193 Å². The van der Waals surface area contributed by atoms with Gasteiger partial charge in [-0.25, -0.2) is 4.79 Å². The van der Waals surface area contributed by atoms with Crippen molar-refractivity contribution in [2.24, 2.45) is 0 Å². The third kappa shape index (κ3) is 5.26. The van der Waals surface area contributed by atoms with Crippen molar-refractivity contribution in [1.82, 2.24) is 9.80 Å². The standard InChI is InChI=1S/C27H38N2O3/c1-9-10-11-12-20-16-23(30)25(22-15-18(4)13-14-21(22)17(2)3)26(31)24(20)19(5)29(8)27(32)28(6)7/h13-16,19,30-31H,2,9-12H2,1,3-8H3. The molecule has 0 saturated heterocycles. The number of phenols is 2. The van der Waals surface area contributed by atoms with E-state index in [0.29, 0.717) is 11.1 Å². The molecule has 2 aromatic rings. The fourth-order valence-corrected chi connectivity index (χ4v) is 4.14. The van der Waals surface area contributed by atoms with E-state index in [1.54, 1.807) is 32.1 Å². The average Bonchev–Trinajstić information content (AvgIpc) is 2.72. The predicted octanol–water partition coefficient (Wildman–Crippen LogP) is 6.51. The summed E-state index contributed by atoms with van der Waals surface area (Å²) in [6.07, 6.45) is 3.80. The number of hydrogen-bond acceptors (Lipinski definition) is 3. The lowest BCUT2D eigenvalue weighted by Gasteiger charge is -2.31. The van der Waals surface area contributed by atoms with E-state index in [2.05, 4.69) is 13.5 Å². The van der Waals surface area contributed by atoms with Gasteiger partial charge < -0.3 is 20.0 Å². The monoisotopic (exact) mass is 438 g/mol. The van der Waals surface area contributed by atoms with Crippen LogP contribution in [0.15, 0.2) is 30.8 Å². The second kappa shape index (κ2) is 10.6. The van der Waals surface area contributed by atoms with E-state index in [-0.39, 0.29) is 23.6 Å². The molecule has 0 aliphatic heterocycles. The minimum Gasteiger partial charge on any atom is -0.507 e. The Balaban J connectivity index is 2.77. The van der Waals surface area contributed by atoms with Gasteiger partial charge in [0.15, 0.2) is 0 Å². The summed E-state index contributed by atoms with van der Waals surface area (Å²) in [6, 6.07) is 7.15. The number of aryl methyl sites for hydroxylation is 2. The number of benzene rings is 2. The maximum absolute atomic E-state index is 12.7. The predicted molar refractivity (Wildman–Crippen MR) is 133 cm³/mol. The van der Waals surface area contributed by atoms with Gasteiger partial charge in [0, 0.05) is 26.7 Å². The van der Waals surface area contributed by atoms with Crippen molar-refractivity contribution < 1.29 is 15.0 Å². The number of unbranched alkanes of at least 4 members (excludes halogenated alkanes) is 2. The third-order valence-corrected chi connectivity index (χ3v) is 6.04. The second-order valence-electron chi connectivity index (χ2n) is 8.94. The van der Waals surface area contributed by atoms with E-state index in [1.165, 1.54) is 4.90 Å². The van der Waals surface area contributed by atoms with Crippen molar-refractivity contribution in [3.05, 3.63) is 53.1 Å². The molecule has 1 atom stereocenters. The fraction of sp³-hybridized carbons (Fsp3) is 0.444. The largest absolute Gasteiger partial charge is 0.507 e. The quantitative estimate of drug-likeness (QED) is 0.462. The van der Waals surface area contributed by atoms with E-state index in [1.807, 2.05) is 39.0 Å². The summed E-state index contributed by atoms with van der Waals surface area (Å²) in [7, 11) is 5.16. The van der Waals surface area contributed by atoms with Gasteiger partial charge in [0.2, 0.25) is 0 Å². The number of nitrogens with zero attached hydrogens (tertiary/aromatic N) is 2. The van der Waals surface area contributed by atoms with Gasteiger partial charge in [0.05, 0.1) is 11.6 Å². The molecule has 0 fully saturated rings. The van der Waals surface area contributed by atoms with Gasteiger partial charge in [-0.3, -0.25) is 0 Å². The van der Waals surface area contributed by atoms with Gasteiger partial charge in [0.25, 0.3) is 0 Å². The number of carbonyl (C=O) groups is 1. The van der Waals surface area contributed by atoms with Crippen molar-refractivity contribution in [3.63, 3.8) is 0 Å². The molecule has 2 rings (SSSR count). The molecule has 2 N–H and O–H groups in total. The Morgan fingerprint density at radius 1 is 1.12 bits per heavy atom. The summed E-state index contributed by atoms with van der Waals surface area (Å²) in [5, 5.41) is 22.6. The molecule has 0 saturated carbocycles. The van der Waals surface area contributed by atoms with Gasteiger partial charge >= 0.3 is 6.03 Å². The number of carbonyl (C=O) groups excluding carboxylic acids is 1. The first-order valence-electron chi connectivity index (χ1n) is 11.3. The number of hydrogen-bond donors (Lipinski definition) is 2. The maximum Gasteiger partial charge on any atom is 0.319 e. The highest BCUT2D eigenvalue weighted by Crippen LogP contribution is 2.47. The lowest BCUT2D eigenvalue weighted by atomic mass is 9.87. The number of allylic oxidation sites excluding steroid dienone is 1. The Kier molecular flexibility index (Phi) is 8.37. The minimum absolute atomic E-state index is 0.0236. The first-order valence-corrected chi connectivity index (χ1v) is 11.3. The molecular formula is C27H38N2O3. The smallest absolute Gasteiger partial charge is 0.319 e. The van der Waals surface area contributed by atoms with E-state index in [0.717, 1.165) is 53.5 Å². The molecule has 5 heteroatoms. The lowest BCUT2D eigenvalue weighted by Crippen LogP contribution is -2.38. The molecule has 0 radical (unpaired) electrons. The number of amides is 2. The van der Waals surface area contributed by atoms with Crippen LogP contribution in [0, 0.1) is 6.92 Å². The molecule has 2 aromatic carbocycles. The molecule has 0 bridgehead atoms. The van der Waals surface area contributed by atoms with E-state index in [9.17, 15) is 15.0 Å². The van der Waals surface area contributed by atoms with Crippen molar-refractivity contribution in [2.45, 2.75) is 59.4 Å². The van der Waals surface area contributed by atoms with Crippen LogP contribution in [0.5, 0.6) is 11.5 Å². The van der Waals surface area contributed by atoms with Crippen molar-refractivity contribution in [3.8, 4) is 22.6 Å². The third-order valence-electron chi connectivity index (χ3n) is 6.04. The molecule has 0 aliphatic carbocycles. The molecule has 0 spiro atoms. The summed E-state index contributed by atoms with van der Waals surface area (Å²) >= 11 is 0. The summed E-state index contributed by atoms with van der Waals surface area (Å²) in [5.74, 6) is 0.0649. The molecule has 0 aliphatic rings. The van der Waals surface area contributed by atoms with Crippen molar-refractivity contribution >= 4 is 11.6 Å². The molecule has 174 valence electrons. The van der Waals surface area contributed by atoms with Gasteiger partial charge in [-0.1, -0.05) is 55.7 Å². The van der Waals surface area contributed by atoms with E-state index < -0.39 is 0 Å². The van der Waals surface area contributed by atoms with Crippen molar-refractivity contribution in [2.75, 3.05) is 21.1 Å². The number of urea groups is 1. The molecule has 0 heterocycles. The zero-order valence-electron chi connectivity index (χ0n) is 20.6. The highest BCUT2D eigenvalue weighted by molar-refractivity contribution is 5.87. The summed E-state index contributed by atoms with van der Waals surface area (Å²) < 4.78 is 0. The Hall–Kier alpha value is -2.95. The van der Waals surface area contributed by atoms with Crippen LogP contribution in [0.25, 0.3) is 16.7 Å². The topological polar surface area (TPSA) is 64.0 Å². The van der Waals surface area contributed by atoms with Crippen molar-refractivity contribution in [1.29, 1.82) is 0 Å². The molecule has 32 heavy (non-hydrogen) atoms. The average molecular weight is 439 g/mol. The fourth-order valence-electron chi connectivity index (χ4n) is 4.14. The van der Waals surface area contributed by atoms with Crippen LogP contribution in [0.1, 0.15) is 68.3 Å². The number of rotatable bonds is 8. The Morgan fingerprint density at radius 3 is 2.34 bits per heavy atom. The Morgan fingerprint density at radius 2 is 1.78 bits per heavy atom. The van der Waals surface area contributed by atoms with Crippen LogP contribution in [0.4, 0.5) is 4.79 Å². The van der Waals surface area contributed by atoms with Crippen LogP contribution in [0.3, 0.4) is 0 Å². The summed E-state index contributed by atoms with van der Waals surface area (Å²) in [5.41, 5.74) is 5.41. The van der Waals surface area contributed by atoms with Crippen LogP contribution >= 0.6 is 0 Å². The first kappa shape index (κ1) is 25.3. The summed E-state index contributed by atoms with van der Waals surface area (Å²) in [4.78, 5) is 15.8. The van der Waals surface area contributed by atoms with Crippen LogP contribution in [-0.4, -0.2) is 47.2 Å². The molecular weight excluding hydrogens is 400 g/mol. The molecule has 1 unspecified atom stereocenters. The summed E-state index contributed by atoms with van der Waals surface area (Å²) in [6.45, 7) is 12.0. The van der Waals surface area contributed by atoms with Gasteiger partial charge in [-0.2, -0.15) is 0 Å². The molecule has 0 aromatic heterocycles. The maximum atomic E-state index is 12.7. The van der Waals surface area contributed by atoms with Crippen LogP contribution < -0.4 is 0 Å². The minimum atomic E-state index is -0.376. The zero-order chi connectivity index (χ0) is 24.2. The normalized spacial score (nSPS) is 11.8. The lowest BCUT2D eigenvalue weighted by molar-refractivity contribution is 0.167. The number of phenolic OH excluding ortho intramolecular Hbond substituents is 2. The van der Waals surface area contributed by atoms with Gasteiger partial charge in [-0.05, 0) is 56.4 Å². The SMILES string of the molecule is C=C(C)c1ccc(C)cc1-c1c(O)cc(CCCCC)c(C(C)N(C)C(=O)N(C)C)c1O. The molecule has 5 nitrogen and oxygen atoms in total. The number of aromatic hydroxyl groups is 2. The van der Waals surface area contributed by atoms with Gasteiger partial charge in [0.1, 0.15) is 11.5 Å². The van der Waals surface area contributed by atoms with Crippen LogP contribution in [-0.2, 0) is 6.42 Å². The zero-order valence-corrected chi connectivity index (χ0v) is 20.6. The second-order valence-corrected chi connectivity index (χ2v) is 8.94. The highest BCUT2D eigenvalue weighted by Gasteiger charge is 2.28. The van der Waals surface area contributed by atoms with E-state index in [4.69, 9.17) is 0 Å². The molecule has 2 amide bonds. The van der Waals surface area contributed by atoms with Gasteiger partial charge in [-0.15, -0.1) is 0 Å².